The van der Waals surface area contributed by atoms with Gasteiger partial charge in [0.1, 0.15) is 0 Å². The van der Waals surface area contributed by atoms with E-state index < -0.39 is 11.7 Å². The van der Waals surface area contributed by atoms with Gasteiger partial charge in [-0.1, -0.05) is 35.8 Å². The molecule has 2 nitrogen and oxygen atoms in total. The van der Waals surface area contributed by atoms with E-state index in [-0.39, 0.29) is 16.4 Å². The predicted molar refractivity (Wildman–Crippen MR) is 81.2 cm³/mol. The summed E-state index contributed by atoms with van der Waals surface area (Å²) in [6.45, 7) is 5.24. The fourth-order valence-corrected chi connectivity index (χ4v) is 2.76. The maximum absolute atomic E-state index is 13.0. The molecule has 0 aliphatic heterocycles. The standard InChI is InChI=1S/C15H21BrF3NO/c1-4-20-14(10(2)7-8-21-3)11-5-6-13(16)12(9-11)15(17,18)19/h5-6,9-10,14,20H,4,7-8H2,1-3H3. The van der Waals surface area contributed by atoms with Crippen molar-refractivity contribution in [3.05, 3.63) is 33.8 Å². The molecule has 6 heteroatoms. The molecule has 0 spiro atoms. The smallest absolute Gasteiger partial charge is 0.385 e. The van der Waals surface area contributed by atoms with E-state index in [4.69, 9.17) is 4.74 Å². The molecule has 0 saturated carbocycles. The van der Waals surface area contributed by atoms with Crippen molar-refractivity contribution in [3.8, 4) is 0 Å². The first kappa shape index (κ1) is 18.5. The van der Waals surface area contributed by atoms with Gasteiger partial charge in [0, 0.05) is 24.2 Å². The summed E-state index contributed by atoms with van der Waals surface area (Å²) in [6.07, 6.45) is -3.58. The molecule has 120 valence electrons. The van der Waals surface area contributed by atoms with Crippen LogP contribution in [0.15, 0.2) is 22.7 Å². The van der Waals surface area contributed by atoms with Gasteiger partial charge >= 0.3 is 6.18 Å². The third-order valence-electron chi connectivity index (χ3n) is 3.43. The third-order valence-corrected chi connectivity index (χ3v) is 4.12. The first-order valence-corrected chi connectivity index (χ1v) is 7.69. The average molecular weight is 368 g/mol. The van der Waals surface area contributed by atoms with E-state index in [1.54, 1.807) is 13.2 Å². The second kappa shape index (κ2) is 8.15. The second-order valence-electron chi connectivity index (χ2n) is 5.03. The molecule has 0 aliphatic carbocycles. The van der Waals surface area contributed by atoms with Crippen LogP contribution in [0.4, 0.5) is 13.2 Å². The van der Waals surface area contributed by atoms with Crippen molar-refractivity contribution in [3.63, 3.8) is 0 Å². The molecule has 1 aromatic carbocycles. The van der Waals surface area contributed by atoms with Gasteiger partial charge in [-0.25, -0.2) is 0 Å². The normalized spacial score (nSPS) is 15.0. The molecule has 2 unspecified atom stereocenters. The summed E-state index contributed by atoms with van der Waals surface area (Å²) < 4.78 is 44.2. The Morgan fingerprint density at radius 1 is 1.33 bits per heavy atom. The van der Waals surface area contributed by atoms with Crippen LogP contribution in [0.2, 0.25) is 0 Å². The van der Waals surface area contributed by atoms with Crippen LogP contribution in [0.1, 0.15) is 37.4 Å². The molecule has 0 saturated heterocycles. The van der Waals surface area contributed by atoms with E-state index in [9.17, 15) is 13.2 Å². The third kappa shape index (κ3) is 5.27. The topological polar surface area (TPSA) is 21.3 Å². The first-order chi connectivity index (χ1) is 9.81. The molecule has 0 aliphatic rings. The number of rotatable bonds is 7. The van der Waals surface area contributed by atoms with Gasteiger partial charge < -0.3 is 10.1 Å². The lowest BCUT2D eigenvalue weighted by atomic mass is 9.91. The summed E-state index contributed by atoms with van der Waals surface area (Å²) >= 11 is 2.97. The molecular weight excluding hydrogens is 347 g/mol. The lowest BCUT2D eigenvalue weighted by Crippen LogP contribution is -2.28. The van der Waals surface area contributed by atoms with Gasteiger partial charge in [0.05, 0.1) is 5.56 Å². The molecule has 0 bridgehead atoms. The van der Waals surface area contributed by atoms with Crippen LogP contribution in [-0.4, -0.2) is 20.3 Å². The number of ether oxygens (including phenoxy) is 1. The molecule has 0 aromatic heterocycles. The van der Waals surface area contributed by atoms with Crippen LogP contribution in [0, 0.1) is 5.92 Å². The number of hydrogen-bond donors (Lipinski definition) is 1. The Hall–Kier alpha value is -0.590. The molecule has 0 amide bonds. The fourth-order valence-electron chi connectivity index (χ4n) is 2.29. The Morgan fingerprint density at radius 3 is 2.52 bits per heavy atom. The minimum Gasteiger partial charge on any atom is -0.385 e. The number of methoxy groups -OCH3 is 1. The first-order valence-electron chi connectivity index (χ1n) is 6.90. The molecule has 0 radical (unpaired) electrons. The van der Waals surface area contributed by atoms with Crippen LogP contribution < -0.4 is 5.32 Å². The van der Waals surface area contributed by atoms with Crippen LogP contribution in [0.5, 0.6) is 0 Å². The Labute approximate surface area is 132 Å². The van der Waals surface area contributed by atoms with Crippen molar-refractivity contribution >= 4 is 15.9 Å². The van der Waals surface area contributed by atoms with Gasteiger partial charge in [-0.15, -0.1) is 0 Å². The van der Waals surface area contributed by atoms with E-state index in [1.807, 2.05) is 13.8 Å². The lowest BCUT2D eigenvalue weighted by Gasteiger charge is -2.26. The minimum absolute atomic E-state index is 0.0681. The van der Waals surface area contributed by atoms with Crippen molar-refractivity contribution in [2.24, 2.45) is 5.92 Å². The van der Waals surface area contributed by atoms with Crippen molar-refractivity contribution in [2.75, 3.05) is 20.3 Å². The Kier molecular flexibility index (Phi) is 7.16. The average Bonchev–Trinajstić information content (AvgIpc) is 2.41. The Morgan fingerprint density at radius 2 is 2.00 bits per heavy atom. The molecule has 0 fully saturated rings. The van der Waals surface area contributed by atoms with Crippen LogP contribution >= 0.6 is 15.9 Å². The molecule has 21 heavy (non-hydrogen) atoms. The Bertz CT molecular complexity index is 451. The van der Waals surface area contributed by atoms with E-state index in [2.05, 4.69) is 21.2 Å². The number of benzene rings is 1. The van der Waals surface area contributed by atoms with Gasteiger partial charge in [-0.3, -0.25) is 0 Å². The highest BCUT2D eigenvalue weighted by Crippen LogP contribution is 2.37. The molecule has 1 rings (SSSR count). The summed E-state index contributed by atoms with van der Waals surface area (Å²) in [4.78, 5) is 0. The predicted octanol–water partition coefficient (Wildman–Crippen LogP) is 4.79. The van der Waals surface area contributed by atoms with Gasteiger partial charge in [0.25, 0.3) is 0 Å². The largest absolute Gasteiger partial charge is 0.417 e. The zero-order chi connectivity index (χ0) is 16.0. The molecule has 1 aromatic rings. The highest BCUT2D eigenvalue weighted by molar-refractivity contribution is 9.10. The highest BCUT2D eigenvalue weighted by atomic mass is 79.9. The minimum atomic E-state index is -4.36. The monoisotopic (exact) mass is 367 g/mol. The zero-order valence-corrected chi connectivity index (χ0v) is 14.0. The SMILES string of the molecule is CCNC(c1ccc(Br)c(C(F)(F)F)c1)C(C)CCOC. The van der Waals surface area contributed by atoms with Crippen molar-refractivity contribution < 1.29 is 17.9 Å². The van der Waals surface area contributed by atoms with Crippen molar-refractivity contribution in [2.45, 2.75) is 32.5 Å². The van der Waals surface area contributed by atoms with Crippen LogP contribution in [0.25, 0.3) is 0 Å². The maximum Gasteiger partial charge on any atom is 0.417 e. The summed E-state index contributed by atoms with van der Waals surface area (Å²) in [5.41, 5.74) is 0.0119. The quantitative estimate of drug-likeness (QED) is 0.747. The number of hydrogen-bond acceptors (Lipinski definition) is 2. The lowest BCUT2D eigenvalue weighted by molar-refractivity contribution is -0.138. The number of halogens is 4. The van der Waals surface area contributed by atoms with Crippen LogP contribution in [-0.2, 0) is 10.9 Å². The highest BCUT2D eigenvalue weighted by Gasteiger charge is 2.34. The van der Waals surface area contributed by atoms with Crippen molar-refractivity contribution in [1.82, 2.24) is 5.32 Å². The van der Waals surface area contributed by atoms with Crippen LogP contribution in [0.3, 0.4) is 0 Å². The van der Waals surface area contributed by atoms with E-state index in [0.717, 1.165) is 6.42 Å². The van der Waals surface area contributed by atoms with E-state index in [0.29, 0.717) is 18.7 Å². The summed E-state index contributed by atoms with van der Waals surface area (Å²) in [5.74, 6) is 0.173. The molecule has 1 N–H and O–H groups in total. The fraction of sp³-hybridized carbons (Fsp3) is 0.600. The van der Waals surface area contributed by atoms with Crippen molar-refractivity contribution in [1.29, 1.82) is 0 Å². The van der Waals surface area contributed by atoms with Gasteiger partial charge in [-0.05, 0) is 36.6 Å². The molecular formula is C15H21BrF3NO. The van der Waals surface area contributed by atoms with Gasteiger partial charge in [-0.2, -0.15) is 13.2 Å². The number of alkyl halides is 3. The van der Waals surface area contributed by atoms with Gasteiger partial charge in [0.15, 0.2) is 0 Å². The van der Waals surface area contributed by atoms with E-state index >= 15 is 0 Å². The Balaban J connectivity index is 3.08. The van der Waals surface area contributed by atoms with Gasteiger partial charge in [0.2, 0.25) is 0 Å². The maximum atomic E-state index is 13.0. The number of nitrogens with one attached hydrogen (secondary N) is 1. The second-order valence-corrected chi connectivity index (χ2v) is 5.89. The summed E-state index contributed by atoms with van der Waals surface area (Å²) in [5, 5.41) is 3.27. The molecule has 2 atom stereocenters. The zero-order valence-electron chi connectivity index (χ0n) is 12.4. The summed E-state index contributed by atoms with van der Waals surface area (Å²) in [6, 6.07) is 4.29. The molecule has 0 heterocycles. The summed E-state index contributed by atoms with van der Waals surface area (Å²) in [7, 11) is 1.62. The van der Waals surface area contributed by atoms with E-state index in [1.165, 1.54) is 12.1 Å².